The van der Waals surface area contributed by atoms with Crippen molar-refractivity contribution in [2.45, 2.75) is 13.3 Å². The molecule has 3 rings (SSSR count). The van der Waals surface area contributed by atoms with Gasteiger partial charge in [0.2, 0.25) is 11.9 Å². The third kappa shape index (κ3) is 2.50. The number of nitrogens with zero attached hydrogens (tertiary/aromatic N) is 2. The Hall–Kier alpha value is -2.34. The van der Waals surface area contributed by atoms with Gasteiger partial charge in [0.05, 0.1) is 23.7 Å². The zero-order valence-corrected chi connectivity index (χ0v) is 11.5. The van der Waals surface area contributed by atoms with E-state index in [0.29, 0.717) is 11.0 Å². The molecule has 2 aromatic heterocycles. The molecule has 0 aliphatic carbocycles. The number of H-pyrrole nitrogens is 2. The van der Waals surface area contributed by atoms with E-state index in [2.05, 4.69) is 25.5 Å². The number of anilines is 1. The van der Waals surface area contributed by atoms with Crippen LogP contribution in [0.2, 0.25) is 5.02 Å². The van der Waals surface area contributed by atoms with E-state index in [4.69, 9.17) is 11.6 Å². The Kier molecular flexibility index (Phi) is 3.15. The molecule has 6 nitrogen and oxygen atoms in total. The second-order valence-corrected chi connectivity index (χ2v) is 4.93. The third-order valence-corrected chi connectivity index (χ3v) is 3.22. The molecule has 0 radical (unpaired) electrons. The van der Waals surface area contributed by atoms with E-state index >= 15 is 0 Å². The molecule has 7 heteroatoms. The Morgan fingerprint density at radius 3 is 3.05 bits per heavy atom. The number of halogens is 1. The Bertz CT molecular complexity index is 776. The van der Waals surface area contributed by atoms with Crippen molar-refractivity contribution in [3.8, 4) is 0 Å². The highest BCUT2D eigenvalue weighted by Crippen LogP contribution is 2.19. The number of aromatic amines is 2. The Balaban J connectivity index is 1.75. The summed E-state index contributed by atoms with van der Waals surface area (Å²) in [6, 6.07) is 5.31. The van der Waals surface area contributed by atoms with Crippen LogP contribution in [-0.2, 0) is 11.2 Å². The molecule has 0 bridgehead atoms. The Labute approximate surface area is 119 Å². The van der Waals surface area contributed by atoms with Gasteiger partial charge < -0.3 is 4.98 Å². The normalized spacial score (nSPS) is 10.9. The van der Waals surface area contributed by atoms with Gasteiger partial charge in [-0.1, -0.05) is 11.6 Å². The first-order valence-corrected chi connectivity index (χ1v) is 6.43. The van der Waals surface area contributed by atoms with Gasteiger partial charge >= 0.3 is 0 Å². The van der Waals surface area contributed by atoms with Gasteiger partial charge in [0.1, 0.15) is 0 Å². The fraction of sp³-hybridized carbons (Fsp3) is 0.154. The SMILES string of the molecule is Cc1[nH]ncc1CC(=O)Nc1nc2ccc(Cl)cc2[nH]1. The molecule has 0 aliphatic rings. The van der Waals surface area contributed by atoms with Gasteiger partial charge in [-0.05, 0) is 25.1 Å². The molecule has 0 atom stereocenters. The molecule has 3 N–H and O–H groups in total. The number of benzene rings is 1. The summed E-state index contributed by atoms with van der Waals surface area (Å²) in [6.45, 7) is 1.87. The standard InChI is InChI=1S/C13H12ClN5O/c1-7-8(6-15-19-7)4-12(20)18-13-16-10-3-2-9(14)5-11(10)17-13/h2-3,5-6H,4H2,1H3,(H,15,19)(H2,16,17,18,20). The van der Waals surface area contributed by atoms with E-state index in [1.165, 1.54) is 0 Å². The minimum atomic E-state index is -0.153. The van der Waals surface area contributed by atoms with Crippen molar-refractivity contribution in [1.29, 1.82) is 0 Å². The van der Waals surface area contributed by atoms with Crippen LogP contribution >= 0.6 is 11.6 Å². The van der Waals surface area contributed by atoms with Crippen molar-refractivity contribution in [2.75, 3.05) is 5.32 Å². The molecule has 20 heavy (non-hydrogen) atoms. The highest BCUT2D eigenvalue weighted by atomic mass is 35.5. The van der Waals surface area contributed by atoms with Gasteiger partial charge in [0.15, 0.2) is 0 Å². The fourth-order valence-electron chi connectivity index (χ4n) is 1.94. The maximum Gasteiger partial charge on any atom is 0.231 e. The monoisotopic (exact) mass is 289 g/mol. The highest BCUT2D eigenvalue weighted by Gasteiger charge is 2.10. The lowest BCUT2D eigenvalue weighted by Crippen LogP contribution is -2.15. The number of aromatic nitrogens is 4. The number of hydrogen-bond acceptors (Lipinski definition) is 3. The number of carbonyl (C=O) groups is 1. The van der Waals surface area contributed by atoms with Gasteiger partial charge in [-0.15, -0.1) is 0 Å². The van der Waals surface area contributed by atoms with Crippen molar-refractivity contribution >= 4 is 34.5 Å². The number of rotatable bonds is 3. The van der Waals surface area contributed by atoms with Crippen molar-refractivity contribution in [3.63, 3.8) is 0 Å². The molecule has 2 heterocycles. The largest absolute Gasteiger partial charge is 0.324 e. The fourth-order valence-corrected chi connectivity index (χ4v) is 2.12. The van der Waals surface area contributed by atoms with Crippen molar-refractivity contribution < 1.29 is 4.79 Å². The number of fused-ring (bicyclic) bond motifs is 1. The molecule has 3 aromatic rings. The summed E-state index contributed by atoms with van der Waals surface area (Å²) >= 11 is 5.90. The minimum Gasteiger partial charge on any atom is -0.324 e. The molecule has 102 valence electrons. The molecule has 1 aromatic carbocycles. The van der Waals surface area contributed by atoms with Gasteiger partial charge in [-0.25, -0.2) is 4.98 Å². The van der Waals surface area contributed by atoms with E-state index in [0.717, 1.165) is 22.3 Å². The summed E-state index contributed by atoms with van der Waals surface area (Å²) < 4.78 is 0. The number of carbonyl (C=O) groups excluding carboxylic acids is 1. The molecular formula is C13H12ClN5O. The van der Waals surface area contributed by atoms with E-state index in [9.17, 15) is 4.79 Å². The first-order valence-electron chi connectivity index (χ1n) is 6.06. The van der Waals surface area contributed by atoms with Crippen LogP contribution in [0, 0.1) is 6.92 Å². The first-order chi connectivity index (χ1) is 9.61. The highest BCUT2D eigenvalue weighted by molar-refractivity contribution is 6.31. The van der Waals surface area contributed by atoms with Gasteiger partial charge in [-0.2, -0.15) is 5.10 Å². The molecule has 0 saturated carbocycles. The van der Waals surface area contributed by atoms with Crippen LogP contribution < -0.4 is 5.32 Å². The van der Waals surface area contributed by atoms with Crippen molar-refractivity contribution in [3.05, 3.63) is 40.7 Å². The maximum atomic E-state index is 11.9. The summed E-state index contributed by atoms with van der Waals surface area (Å²) in [7, 11) is 0. The number of hydrogen-bond donors (Lipinski definition) is 3. The summed E-state index contributed by atoms with van der Waals surface area (Å²) in [5, 5.41) is 10.0. The van der Waals surface area contributed by atoms with Gasteiger partial charge in [-0.3, -0.25) is 15.2 Å². The predicted octanol–water partition coefficient (Wildman–Crippen LogP) is 2.43. The summed E-state index contributed by atoms with van der Waals surface area (Å²) in [5.41, 5.74) is 3.29. The van der Waals surface area contributed by atoms with Gasteiger partial charge in [0.25, 0.3) is 0 Å². The first kappa shape index (κ1) is 12.7. The van der Waals surface area contributed by atoms with Crippen LogP contribution in [0.25, 0.3) is 11.0 Å². The smallest absolute Gasteiger partial charge is 0.231 e. The summed E-state index contributed by atoms with van der Waals surface area (Å²) in [6.07, 6.45) is 1.90. The molecule has 0 fully saturated rings. The van der Waals surface area contributed by atoms with Crippen LogP contribution in [0.3, 0.4) is 0 Å². The predicted molar refractivity (Wildman–Crippen MR) is 76.8 cm³/mol. The zero-order chi connectivity index (χ0) is 14.1. The van der Waals surface area contributed by atoms with Crippen molar-refractivity contribution in [1.82, 2.24) is 20.2 Å². The summed E-state index contributed by atoms with van der Waals surface area (Å²) in [4.78, 5) is 19.2. The molecule has 0 saturated heterocycles. The van der Waals surface area contributed by atoms with Gasteiger partial charge in [0, 0.05) is 16.3 Å². The van der Waals surface area contributed by atoms with E-state index in [-0.39, 0.29) is 12.3 Å². The molecular weight excluding hydrogens is 278 g/mol. The number of aryl methyl sites for hydroxylation is 1. The number of imidazole rings is 1. The van der Waals surface area contributed by atoms with Crippen LogP contribution in [0.15, 0.2) is 24.4 Å². The van der Waals surface area contributed by atoms with Crippen LogP contribution in [0.1, 0.15) is 11.3 Å². The van der Waals surface area contributed by atoms with E-state index in [1.54, 1.807) is 24.4 Å². The van der Waals surface area contributed by atoms with Crippen LogP contribution in [0.4, 0.5) is 5.95 Å². The second-order valence-electron chi connectivity index (χ2n) is 4.49. The third-order valence-electron chi connectivity index (χ3n) is 2.99. The van der Waals surface area contributed by atoms with Crippen LogP contribution in [-0.4, -0.2) is 26.1 Å². The maximum absolute atomic E-state index is 11.9. The average molecular weight is 290 g/mol. The van der Waals surface area contributed by atoms with E-state index < -0.39 is 0 Å². The molecule has 0 spiro atoms. The summed E-state index contributed by atoms with van der Waals surface area (Å²) in [5.74, 6) is 0.257. The van der Waals surface area contributed by atoms with E-state index in [1.807, 2.05) is 6.92 Å². The molecule has 0 unspecified atom stereocenters. The zero-order valence-electron chi connectivity index (χ0n) is 10.7. The van der Waals surface area contributed by atoms with Crippen molar-refractivity contribution in [2.24, 2.45) is 0 Å². The Morgan fingerprint density at radius 1 is 1.45 bits per heavy atom. The van der Waals surface area contributed by atoms with Crippen LogP contribution in [0.5, 0.6) is 0 Å². The number of nitrogens with one attached hydrogen (secondary N) is 3. The lowest BCUT2D eigenvalue weighted by molar-refractivity contribution is -0.115. The quantitative estimate of drug-likeness (QED) is 0.692. The molecule has 1 amide bonds. The lowest BCUT2D eigenvalue weighted by Gasteiger charge is -2.00. The number of amides is 1. The average Bonchev–Trinajstić information content (AvgIpc) is 2.95. The minimum absolute atomic E-state index is 0.153. The lowest BCUT2D eigenvalue weighted by atomic mass is 10.2. The Morgan fingerprint density at radius 2 is 2.30 bits per heavy atom. The topological polar surface area (TPSA) is 86.5 Å². The molecule has 0 aliphatic heterocycles. The second kappa shape index (κ2) is 4.97.